The number of fused-ring (bicyclic) bond motifs is 1. The van der Waals surface area contributed by atoms with Crippen LogP contribution >= 0.6 is 0 Å². The summed E-state index contributed by atoms with van der Waals surface area (Å²) in [7, 11) is 1.82. The van der Waals surface area contributed by atoms with Gasteiger partial charge in [-0.3, -0.25) is 9.89 Å². The van der Waals surface area contributed by atoms with E-state index in [1.54, 1.807) is 0 Å². The van der Waals surface area contributed by atoms with Crippen LogP contribution in [-0.2, 0) is 12.8 Å². The van der Waals surface area contributed by atoms with Crippen molar-refractivity contribution in [3.8, 4) is 0 Å². The van der Waals surface area contributed by atoms with Gasteiger partial charge in [0.2, 0.25) is 0 Å². The van der Waals surface area contributed by atoms with Crippen molar-refractivity contribution in [3.63, 3.8) is 0 Å². The van der Waals surface area contributed by atoms with Gasteiger partial charge in [-0.2, -0.15) is 0 Å². The van der Waals surface area contributed by atoms with E-state index in [1.165, 1.54) is 22.1 Å². The largest absolute Gasteiger partial charge is 0.398 e. The van der Waals surface area contributed by atoms with Gasteiger partial charge >= 0.3 is 0 Å². The average Bonchev–Trinajstić information content (AvgIpc) is 2.77. The molecule has 3 nitrogen and oxygen atoms in total. The molecule has 166 valence electrons. The smallest absolute Gasteiger partial charge is 0.141 e. The fraction of sp³-hybridized carbons (Fsp3) is 0.276. The molecule has 0 aromatic heterocycles. The lowest BCUT2D eigenvalue weighted by molar-refractivity contribution is 0.869. The minimum atomic E-state index is 0.730. The monoisotopic (exact) mass is 425 g/mol. The van der Waals surface area contributed by atoms with Crippen LogP contribution in [0.4, 0.5) is 11.4 Å². The number of hydrogen-bond acceptors (Lipinski definition) is 2. The highest BCUT2D eigenvalue weighted by Gasteiger charge is 2.21. The molecule has 32 heavy (non-hydrogen) atoms. The van der Waals surface area contributed by atoms with Crippen LogP contribution in [-0.4, -0.2) is 12.9 Å². The summed E-state index contributed by atoms with van der Waals surface area (Å²) < 4.78 is 0. The summed E-state index contributed by atoms with van der Waals surface area (Å²) in [5.74, 6) is 0.806. The van der Waals surface area contributed by atoms with Gasteiger partial charge in [0.25, 0.3) is 0 Å². The zero-order chi connectivity index (χ0) is 23.3. The zero-order valence-electron chi connectivity index (χ0n) is 19.9. The van der Waals surface area contributed by atoms with Gasteiger partial charge < -0.3 is 5.73 Å². The van der Waals surface area contributed by atoms with E-state index in [0.29, 0.717) is 0 Å². The van der Waals surface area contributed by atoms with Crippen LogP contribution in [0.2, 0.25) is 0 Å². The SMILES string of the molecule is C=C(CCC)Cc1cc(N)c(C(=NC)N(C(=C)C)c2cccc3ccccc23)cc1CC. The Labute approximate surface area is 193 Å². The molecule has 0 bridgehead atoms. The number of nitrogen functional groups attached to an aromatic ring is 1. The highest BCUT2D eigenvalue weighted by Crippen LogP contribution is 2.32. The second-order valence-electron chi connectivity index (χ2n) is 8.35. The van der Waals surface area contributed by atoms with Crippen molar-refractivity contribution in [1.82, 2.24) is 0 Å². The number of nitrogens with two attached hydrogens (primary N) is 1. The predicted octanol–water partition coefficient (Wildman–Crippen LogP) is 7.30. The van der Waals surface area contributed by atoms with Crippen LogP contribution in [0.25, 0.3) is 10.8 Å². The number of rotatable bonds is 8. The van der Waals surface area contributed by atoms with Gasteiger partial charge in [-0.15, -0.1) is 0 Å². The first kappa shape index (κ1) is 23.3. The molecule has 3 aromatic rings. The molecular formula is C29H35N3. The van der Waals surface area contributed by atoms with Gasteiger partial charge in [0.1, 0.15) is 5.84 Å². The van der Waals surface area contributed by atoms with E-state index in [4.69, 9.17) is 10.7 Å². The van der Waals surface area contributed by atoms with Gasteiger partial charge in [0, 0.05) is 29.4 Å². The molecule has 3 rings (SSSR count). The van der Waals surface area contributed by atoms with Crippen molar-refractivity contribution in [3.05, 3.63) is 95.7 Å². The Hall–Kier alpha value is -3.33. The number of nitrogens with zero attached hydrogens (tertiary/aromatic N) is 2. The van der Waals surface area contributed by atoms with E-state index < -0.39 is 0 Å². The molecule has 3 heteroatoms. The van der Waals surface area contributed by atoms with Gasteiger partial charge in [-0.05, 0) is 60.9 Å². The fourth-order valence-corrected chi connectivity index (χ4v) is 4.35. The minimum absolute atomic E-state index is 0.730. The van der Waals surface area contributed by atoms with Crippen molar-refractivity contribution < 1.29 is 0 Å². The highest BCUT2D eigenvalue weighted by atomic mass is 15.2. The van der Waals surface area contributed by atoms with Gasteiger partial charge in [-0.25, -0.2) is 0 Å². The molecule has 0 radical (unpaired) electrons. The van der Waals surface area contributed by atoms with E-state index >= 15 is 0 Å². The van der Waals surface area contributed by atoms with Crippen LogP contribution < -0.4 is 10.6 Å². The molecule has 0 saturated heterocycles. The summed E-state index contributed by atoms with van der Waals surface area (Å²) in [4.78, 5) is 6.82. The molecule has 0 amide bonds. The van der Waals surface area contributed by atoms with Crippen molar-refractivity contribution in [2.24, 2.45) is 4.99 Å². The number of benzene rings is 3. The van der Waals surface area contributed by atoms with Crippen LogP contribution in [0.15, 0.2) is 84.0 Å². The van der Waals surface area contributed by atoms with E-state index in [9.17, 15) is 0 Å². The molecule has 3 aromatic carbocycles. The maximum atomic E-state index is 6.63. The quantitative estimate of drug-likeness (QED) is 0.178. The molecule has 2 N–H and O–H groups in total. The second kappa shape index (κ2) is 10.3. The van der Waals surface area contributed by atoms with Crippen LogP contribution in [0.5, 0.6) is 0 Å². The molecule has 0 unspecified atom stereocenters. The summed E-state index contributed by atoms with van der Waals surface area (Å²) in [6, 6.07) is 19.0. The van der Waals surface area contributed by atoms with Crippen LogP contribution in [0.1, 0.15) is 50.3 Å². The number of hydrogen-bond donors (Lipinski definition) is 1. The number of aryl methyl sites for hydroxylation is 1. The molecule has 0 aliphatic rings. The molecule has 0 atom stereocenters. The van der Waals surface area contributed by atoms with Gasteiger partial charge in [0.05, 0.1) is 5.69 Å². The molecule has 0 aliphatic heterocycles. The minimum Gasteiger partial charge on any atom is -0.398 e. The molecule has 0 saturated carbocycles. The lowest BCUT2D eigenvalue weighted by atomic mass is 9.93. The molecule has 0 heterocycles. The first-order valence-corrected chi connectivity index (χ1v) is 11.4. The second-order valence-corrected chi connectivity index (χ2v) is 8.35. The van der Waals surface area contributed by atoms with E-state index in [-0.39, 0.29) is 0 Å². The van der Waals surface area contributed by atoms with E-state index in [2.05, 4.69) is 86.5 Å². The Morgan fingerprint density at radius 1 is 1.00 bits per heavy atom. The predicted molar refractivity (Wildman–Crippen MR) is 142 cm³/mol. The highest BCUT2D eigenvalue weighted by molar-refractivity contribution is 6.17. The Morgan fingerprint density at radius 2 is 1.72 bits per heavy atom. The lowest BCUT2D eigenvalue weighted by Gasteiger charge is -2.29. The number of allylic oxidation sites excluding steroid dienone is 2. The lowest BCUT2D eigenvalue weighted by Crippen LogP contribution is -2.31. The molecule has 0 aliphatic carbocycles. The molecule has 0 fully saturated rings. The maximum absolute atomic E-state index is 6.63. The maximum Gasteiger partial charge on any atom is 0.141 e. The first-order valence-electron chi connectivity index (χ1n) is 11.4. The third-order valence-corrected chi connectivity index (χ3v) is 5.85. The van der Waals surface area contributed by atoms with Gasteiger partial charge in [0.15, 0.2) is 0 Å². The molecular weight excluding hydrogens is 390 g/mol. The van der Waals surface area contributed by atoms with Crippen LogP contribution in [0, 0.1) is 0 Å². The van der Waals surface area contributed by atoms with Gasteiger partial charge in [-0.1, -0.05) is 75.4 Å². The number of anilines is 2. The van der Waals surface area contributed by atoms with Crippen molar-refractivity contribution in [1.29, 1.82) is 0 Å². The Balaban J connectivity index is 2.13. The Kier molecular flexibility index (Phi) is 7.53. The summed E-state index contributed by atoms with van der Waals surface area (Å²) in [6.45, 7) is 14.9. The summed E-state index contributed by atoms with van der Waals surface area (Å²) in [5, 5.41) is 2.33. The van der Waals surface area contributed by atoms with Crippen molar-refractivity contribution in [2.45, 2.75) is 46.5 Å². The first-order chi connectivity index (χ1) is 15.4. The Morgan fingerprint density at radius 3 is 2.38 bits per heavy atom. The topological polar surface area (TPSA) is 41.6 Å². The number of amidine groups is 1. The molecule has 0 spiro atoms. The third kappa shape index (κ3) is 4.77. The fourth-order valence-electron chi connectivity index (χ4n) is 4.35. The van der Waals surface area contributed by atoms with E-state index in [1.807, 2.05) is 14.0 Å². The number of aliphatic imine (C=N–C) groups is 1. The summed E-state index contributed by atoms with van der Waals surface area (Å²) in [6.07, 6.45) is 3.95. The van der Waals surface area contributed by atoms with Crippen molar-refractivity contribution in [2.75, 3.05) is 17.7 Å². The summed E-state index contributed by atoms with van der Waals surface area (Å²) >= 11 is 0. The zero-order valence-corrected chi connectivity index (χ0v) is 19.9. The van der Waals surface area contributed by atoms with E-state index in [0.717, 1.165) is 59.5 Å². The third-order valence-electron chi connectivity index (χ3n) is 5.85. The standard InChI is InChI=1S/C29H35N3/c1-7-12-21(5)17-24-19-27(30)26(18-22(24)8-2)29(31-6)32(20(3)4)28-16-11-14-23-13-9-10-15-25(23)28/h9-11,13-16,18-19H,3,5,7-8,12,17,30H2,1-2,4,6H3. The van der Waals surface area contributed by atoms with Crippen LogP contribution in [0.3, 0.4) is 0 Å². The van der Waals surface area contributed by atoms with Crippen molar-refractivity contribution >= 4 is 28.0 Å². The Bertz CT molecular complexity index is 1160. The normalized spacial score (nSPS) is 11.6. The summed E-state index contributed by atoms with van der Waals surface area (Å²) in [5.41, 5.74) is 14.0. The average molecular weight is 426 g/mol.